The van der Waals surface area contributed by atoms with E-state index in [0.717, 1.165) is 6.33 Å². The number of amides is 2. The van der Waals surface area contributed by atoms with Gasteiger partial charge in [-0.25, -0.2) is 18.2 Å². The van der Waals surface area contributed by atoms with Crippen molar-refractivity contribution in [2.45, 2.75) is 4.90 Å². The molecule has 16 nitrogen and oxygen atoms in total. The van der Waals surface area contributed by atoms with Crippen molar-refractivity contribution in [1.82, 2.24) is 14.9 Å². The van der Waals surface area contributed by atoms with Crippen LogP contribution in [0.5, 0.6) is 34.6 Å². The van der Waals surface area contributed by atoms with Gasteiger partial charge in [0.25, 0.3) is 21.8 Å². The minimum absolute atomic E-state index is 0.0350. The topological polar surface area (TPSA) is 186 Å². The SMILES string of the molecule is COc1cccc(Oc2c(NS(=O)(=O)c3ccc(OC)c(OCC(=O)N4CCOCC4)c3)ncnc2OCCOC(=O)Nc2ccccc2)c1. The molecule has 3 aromatic carbocycles. The molecule has 17 heteroatoms. The quantitative estimate of drug-likeness (QED) is 0.169. The van der Waals surface area contributed by atoms with Gasteiger partial charge in [0.2, 0.25) is 5.75 Å². The molecule has 1 saturated heterocycles. The number of para-hydroxylation sites is 1. The molecule has 0 saturated carbocycles. The second-order valence-corrected chi connectivity index (χ2v) is 12.0. The van der Waals surface area contributed by atoms with E-state index in [0.29, 0.717) is 37.7 Å². The lowest BCUT2D eigenvalue weighted by Crippen LogP contribution is -2.43. The van der Waals surface area contributed by atoms with Gasteiger partial charge >= 0.3 is 6.09 Å². The lowest BCUT2D eigenvalue weighted by molar-refractivity contribution is -0.137. The van der Waals surface area contributed by atoms with Crippen LogP contribution in [-0.4, -0.2) is 95.6 Å². The number of hydrogen-bond acceptors (Lipinski definition) is 13. The minimum Gasteiger partial charge on any atom is -0.497 e. The predicted molar refractivity (Wildman–Crippen MR) is 179 cm³/mol. The Morgan fingerprint density at radius 2 is 1.64 bits per heavy atom. The van der Waals surface area contributed by atoms with Crippen molar-refractivity contribution in [3.05, 3.63) is 79.1 Å². The zero-order valence-corrected chi connectivity index (χ0v) is 28.0. The third-order valence-electron chi connectivity index (χ3n) is 7.00. The average Bonchev–Trinajstić information content (AvgIpc) is 3.14. The summed E-state index contributed by atoms with van der Waals surface area (Å²) in [7, 11) is -1.48. The highest BCUT2D eigenvalue weighted by Gasteiger charge is 2.25. The highest BCUT2D eigenvalue weighted by Crippen LogP contribution is 2.38. The predicted octanol–water partition coefficient (Wildman–Crippen LogP) is 3.95. The number of sulfonamides is 1. The van der Waals surface area contributed by atoms with E-state index in [4.69, 9.17) is 33.2 Å². The fourth-order valence-corrected chi connectivity index (χ4v) is 5.55. The van der Waals surface area contributed by atoms with Crippen LogP contribution < -0.4 is 33.7 Å². The summed E-state index contributed by atoms with van der Waals surface area (Å²) in [5.41, 5.74) is 0.553. The highest BCUT2D eigenvalue weighted by atomic mass is 32.2. The molecule has 2 amide bonds. The van der Waals surface area contributed by atoms with E-state index in [1.807, 2.05) is 6.07 Å². The van der Waals surface area contributed by atoms with Crippen molar-refractivity contribution < 1.29 is 51.2 Å². The zero-order valence-electron chi connectivity index (χ0n) is 27.2. The molecule has 0 radical (unpaired) electrons. The van der Waals surface area contributed by atoms with Gasteiger partial charge in [0.1, 0.15) is 31.0 Å². The van der Waals surface area contributed by atoms with Gasteiger partial charge in [0.05, 0.1) is 32.3 Å². The van der Waals surface area contributed by atoms with Crippen molar-refractivity contribution in [2.24, 2.45) is 0 Å². The number of hydrogen-bond donors (Lipinski definition) is 2. The van der Waals surface area contributed by atoms with Crippen molar-refractivity contribution in [3.8, 4) is 34.6 Å². The third-order valence-corrected chi connectivity index (χ3v) is 8.34. The van der Waals surface area contributed by atoms with Crippen molar-refractivity contribution in [2.75, 3.05) is 70.4 Å². The molecular formula is C33H35N5O11S. The fourth-order valence-electron chi connectivity index (χ4n) is 4.52. The van der Waals surface area contributed by atoms with Crippen LogP contribution in [0.4, 0.5) is 16.3 Å². The number of nitrogens with zero attached hydrogens (tertiary/aromatic N) is 3. The van der Waals surface area contributed by atoms with Crippen LogP contribution in [0.1, 0.15) is 0 Å². The van der Waals surface area contributed by atoms with Crippen LogP contribution in [0.15, 0.2) is 84.0 Å². The van der Waals surface area contributed by atoms with Gasteiger partial charge in [-0.2, -0.15) is 4.98 Å². The van der Waals surface area contributed by atoms with Crippen LogP contribution in [0.25, 0.3) is 0 Å². The Morgan fingerprint density at radius 1 is 0.860 bits per heavy atom. The van der Waals surface area contributed by atoms with Crippen LogP contribution in [0.3, 0.4) is 0 Å². The molecule has 264 valence electrons. The van der Waals surface area contributed by atoms with Gasteiger partial charge < -0.3 is 38.1 Å². The Bertz CT molecular complexity index is 1870. The van der Waals surface area contributed by atoms with Crippen LogP contribution in [0, 0.1) is 0 Å². The van der Waals surface area contributed by atoms with Gasteiger partial charge in [-0.15, -0.1) is 0 Å². The number of nitrogens with one attached hydrogen (secondary N) is 2. The standard InChI is InChI=1S/C33H35N5O11S/c1-43-24-9-6-10-25(19-24)49-30-31(34-22-35-32(30)46-17-18-47-33(40)36-23-7-4-3-5-8-23)37-50(41,42)26-11-12-27(44-2)28(20-26)48-21-29(39)38-13-15-45-16-14-38/h3-12,19-20,22H,13-18,21H2,1-2H3,(H,36,40)(H,34,35,37). The fraction of sp³-hybridized carbons (Fsp3) is 0.273. The smallest absolute Gasteiger partial charge is 0.411 e. The Kier molecular flexibility index (Phi) is 12.1. The Labute approximate surface area is 288 Å². The molecule has 0 spiro atoms. The first-order valence-corrected chi connectivity index (χ1v) is 16.7. The normalized spacial score (nSPS) is 12.7. The number of anilines is 2. The minimum atomic E-state index is -4.36. The van der Waals surface area contributed by atoms with Crippen molar-refractivity contribution in [1.29, 1.82) is 0 Å². The largest absolute Gasteiger partial charge is 0.497 e. The molecule has 2 heterocycles. The summed E-state index contributed by atoms with van der Waals surface area (Å²) in [4.78, 5) is 34.4. The highest BCUT2D eigenvalue weighted by molar-refractivity contribution is 7.92. The van der Waals surface area contributed by atoms with Gasteiger partial charge in [-0.05, 0) is 36.4 Å². The van der Waals surface area contributed by atoms with Gasteiger partial charge in [0.15, 0.2) is 23.9 Å². The Morgan fingerprint density at radius 3 is 2.40 bits per heavy atom. The lowest BCUT2D eigenvalue weighted by atomic mass is 10.3. The maximum Gasteiger partial charge on any atom is 0.411 e. The number of rotatable bonds is 15. The molecule has 1 fully saturated rings. The second-order valence-electron chi connectivity index (χ2n) is 10.3. The first-order valence-electron chi connectivity index (χ1n) is 15.2. The Hall–Kier alpha value is -5.81. The first-order chi connectivity index (χ1) is 24.3. The maximum atomic E-state index is 13.7. The van der Waals surface area contributed by atoms with Gasteiger partial charge in [-0.3, -0.25) is 14.8 Å². The number of carbonyl (C=O) groups is 2. The van der Waals surface area contributed by atoms with E-state index >= 15 is 0 Å². The summed E-state index contributed by atoms with van der Waals surface area (Å²) in [6.45, 7) is 1.03. The van der Waals surface area contributed by atoms with E-state index in [1.54, 1.807) is 53.4 Å². The van der Waals surface area contributed by atoms with E-state index in [1.165, 1.54) is 32.4 Å². The summed E-state index contributed by atoms with van der Waals surface area (Å²) in [5.74, 6) is 0.115. The van der Waals surface area contributed by atoms with Gasteiger partial charge in [0, 0.05) is 30.9 Å². The molecule has 4 aromatic rings. The van der Waals surface area contributed by atoms with Crippen molar-refractivity contribution in [3.63, 3.8) is 0 Å². The van der Waals surface area contributed by atoms with E-state index in [-0.39, 0.29) is 65.3 Å². The molecule has 1 aromatic heterocycles. The monoisotopic (exact) mass is 709 g/mol. The zero-order chi connectivity index (χ0) is 35.3. The summed E-state index contributed by atoms with van der Waals surface area (Å²) < 4.78 is 68.4. The first kappa shape index (κ1) is 35.5. The molecule has 50 heavy (non-hydrogen) atoms. The molecule has 1 aliphatic heterocycles. The molecule has 0 atom stereocenters. The lowest BCUT2D eigenvalue weighted by Gasteiger charge is -2.26. The maximum absolute atomic E-state index is 13.7. The average molecular weight is 710 g/mol. The molecule has 5 rings (SSSR count). The second kappa shape index (κ2) is 17.0. The Balaban J connectivity index is 1.34. The number of carbonyl (C=O) groups excluding carboxylic acids is 2. The van der Waals surface area contributed by atoms with E-state index in [9.17, 15) is 18.0 Å². The molecule has 0 unspecified atom stereocenters. The number of methoxy groups -OCH3 is 2. The molecule has 2 N–H and O–H groups in total. The van der Waals surface area contributed by atoms with E-state index < -0.39 is 16.1 Å². The summed E-state index contributed by atoms with van der Waals surface area (Å²) in [5, 5.41) is 2.59. The van der Waals surface area contributed by atoms with Crippen LogP contribution >= 0.6 is 0 Å². The molecule has 1 aliphatic rings. The number of benzene rings is 3. The summed E-state index contributed by atoms with van der Waals surface area (Å²) in [6, 6.07) is 19.2. The number of aromatic nitrogens is 2. The van der Waals surface area contributed by atoms with Crippen molar-refractivity contribution >= 4 is 33.5 Å². The van der Waals surface area contributed by atoms with Crippen LogP contribution in [0.2, 0.25) is 0 Å². The molecular weight excluding hydrogens is 674 g/mol. The summed E-state index contributed by atoms with van der Waals surface area (Å²) in [6.07, 6.45) is 0.381. The summed E-state index contributed by atoms with van der Waals surface area (Å²) >= 11 is 0. The van der Waals surface area contributed by atoms with Gasteiger partial charge in [-0.1, -0.05) is 24.3 Å². The number of morpholine rings is 1. The number of ether oxygens (including phenoxy) is 7. The van der Waals surface area contributed by atoms with Crippen LogP contribution in [-0.2, 0) is 24.3 Å². The molecule has 0 aliphatic carbocycles. The van der Waals surface area contributed by atoms with E-state index in [2.05, 4.69) is 20.0 Å². The third kappa shape index (κ3) is 9.64. The molecule has 0 bridgehead atoms.